The molecule has 2 rings (SSSR count). The van der Waals surface area contributed by atoms with Gasteiger partial charge >= 0.3 is 5.97 Å². The van der Waals surface area contributed by atoms with Crippen LogP contribution >= 0.6 is 11.6 Å². The Bertz CT molecular complexity index is 679. The zero-order valence-corrected chi connectivity index (χ0v) is 12.1. The van der Waals surface area contributed by atoms with Crippen molar-refractivity contribution in [2.45, 2.75) is 6.92 Å². The summed E-state index contributed by atoms with van der Waals surface area (Å²) in [4.78, 5) is 12.2. The zero-order chi connectivity index (χ0) is 15.2. The van der Waals surface area contributed by atoms with E-state index >= 15 is 0 Å². The average Bonchev–Trinajstić information content (AvgIpc) is 2.89. The lowest BCUT2D eigenvalue weighted by Crippen LogP contribution is -2.15. The Morgan fingerprint density at radius 3 is 2.71 bits per heavy atom. The van der Waals surface area contributed by atoms with E-state index in [1.54, 1.807) is 13.0 Å². The van der Waals surface area contributed by atoms with Gasteiger partial charge in [-0.1, -0.05) is 48.5 Å². The Morgan fingerprint density at radius 2 is 2.14 bits per heavy atom. The van der Waals surface area contributed by atoms with Crippen molar-refractivity contribution in [1.82, 2.24) is 20.2 Å². The Kier molecular flexibility index (Phi) is 4.84. The number of hydrogen-bond acceptors (Lipinski definition) is 5. The molecule has 0 atom stereocenters. The number of aryl methyl sites for hydroxylation is 1. The maximum Gasteiger partial charge on any atom is 0.357 e. The van der Waals surface area contributed by atoms with Crippen molar-refractivity contribution in [2.24, 2.45) is 0 Å². The first-order valence-corrected chi connectivity index (χ1v) is 6.48. The highest BCUT2D eigenvalue weighted by atomic mass is 35.5. The van der Waals surface area contributed by atoms with Crippen LogP contribution in [-0.2, 0) is 9.53 Å². The van der Waals surface area contributed by atoms with Crippen LogP contribution in [0.25, 0.3) is 11.8 Å². The molecule has 0 saturated heterocycles. The van der Waals surface area contributed by atoms with E-state index in [-0.39, 0.29) is 17.3 Å². The van der Waals surface area contributed by atoms with Gasteiger partial charge in [-0.05, 0) is 29.0 Å². The lowest BCUT2D eigenvalue weighted by molar-refractivity contribution is -0.136. The molecule has 1 heterocycles. The van der Waals surface area contributed by atoms with Crippen molar-refractivity contribution in [1.29, 1.82) is 0 Å². The first-order chi connectivity index (χ1) is 10.1. The van der Waals surface area contributed by atoms with Gasteiger partial charge in [-0.15, -0.1) is 5.10 Å². The molecule has 0 bridgehead atoms. The highest BCUT2D eigenvalue weighted by molar-refractivity contribution is 6.29. The molecule has 0 saturated carbocycles. The average molecular weight is 305 g/mol. The third kappa shape index (κ3) is 4.00. The largest absolute Gasteiger partial charge is 0.455 e. The molecule has 1 aromatic carbocycles. The maximum absolute atomic E-state index is 12.2. The number of carbonyl (C=O) groups excluding carboxylic acids is 1. The molecule has 0 unspecified atom stereocenters. The van der Waals surface area contributed by atoms with E-state index in [0.717, 1.165) is 5.56 Å². The minimum Gasteiger partial charge on any atom is -0.455 e. The second-order valence-electron chi connectivity index (χ2n) is 4.17. The summed E-state index contributed by atoms with van der Waals surface area (Å²) in [5, 5.41) is 11.3. The summed E-state index contributed by atoms with van der Waals surface area (Å²) in [6.07, 6.45) is 1.64. The van der Waals surface area contributed by atoms with Crippen LogP contribution in [0.4, 0.5) is 0 Å². The Morgan fingerprint density at radius 1 is 1.43 bits per heavy atom. The molecule has 2 aromatic rings. The number of benzene rings is 1. The topological polar surface area (TPSA) is 69.9 Å². The normalized spacial score (nSPS) is 11.2. The monoisotopic (exact) mass is 304 g/mol. The third-order valence-electron chi connectivity index (χ3n) is 2.53. The molecule has 0 aliphatic carbocycles. The van der Waals surface area contributed by atoms with Crippen LogP contribution in [0.1, 0.15) is 11.4 Å². The molecule has 0 aliphatic heterocycles. The third-order valence-corrected chi connectivity index (χ3v) is 2.63. The summed E-state index contributed by atoms with van der Waals surface area (Å²) in [5.41, 5.74) is 1.02. The van der Waals surface area contributed by atoms with Gasteiger partial charge in [0.15, 0.2) is 11.5 Å². The van der Waals surface area contributed by atoms with E-state index in [1.807, 2.05) is 30.3 Å². The van der Waals surface area contributed by atoms with Crippen molar-refractivity contribution in [3.63, 3.8) is 0 Å². The number of ether oxygens (including phenoxy) is 1. The van der Waals surface area contributed by atoms with Gasteiger partial charge in [-0.25, -0.2) is 4.79 Å². The van der Waals surface area contributed by atoms with Gasteiger partial charge in [-0.3, -0.25) is 0 Å². The van der Waals surface area contributed by atoms with Crippen LogP contribution in [0.15, 0.2) is 41.9 Å². The second kappa shape index (κ2) is 6.81. The predicted molar refractivity (Wildman–Crippen MR) is 79.1 cm³/mol. The minimum absolute atomic E-state index is 0.0757. The van der Waals surface area contributed by atoms with Crippen molar-refractivity contribution in [3.05, 3.63) is 53.3 Å². The molecule has 0 amide bonds. The standard InChI is InChI=1S/C14H13ClN4O2/c1-10(15)9-21-14(20)13(19-11(2)16-17-18-19)8-12-6-4-3-5-7-12/h3-8H,1,9H2,2H3. The molecule has 0 N–H and O–H groups in total. The fraction of sp³-hybridized carbons (Fsp3) is 0.143. The van der Waals surface area contributed by atoms with Crippen LogP contribution < -0.4 is 0 Å². The van der Waals surface area contributed by atoms with Crippen molar-refractivity contribution in [3.8, 4) is 0 Å². The number of aromatic nitrogens is 4. The minimum atomic E-state index is -0.587. The number of tetrazole rings is 1. The summed E-state index contributed by atoms with van der Waals surface area (Å²) >= 11 is 5.60. The molecular weight excluding hydrogens is 292 g/mol. The Balaban J connectivity index is 2.36. The van der Waals surface area contributed by atoms with Gasteiger partial charge in [0.2, 0.25) is 0 Å². The molecule has 0 fully saturated rings. The van der Waals surface area contributed by atoms with E-state index in [2.05, 4.69) is 22.1 Å². The molecule has 0 spiro atoms. The molecule has 1 aromatic heterocycles. The fourth-order valence-electron chi connectivity index (χ4n) is 1.59. The summed E-state index contributed by atoms with van der Waals surface area (Å²) < 4.78 is 6.37. The Labute approximate surface area is 126 Å². The van der Waals surface area contributed by atoms with E-state index in [1.165, 1.54) is 4.68 Å². The van der Waals surface area contributed by atoms with Crippen molar-refractivity contribution < 1.29 is 9.53 Å². The molecule has 21 heavy (non-hydrogen) atoms. The quantitative estimate of drug-likeness (QED) is 0.626. The molecule has 6 nitrogen and oxygen atoms in total. The van der Waals surface area contributed by atoms with Gasteiger partial charge in [0, 0.05) is 5.03 Å². The van der Waals surface area contributed by atoms with Crippen molar-refractivity contribution in [2.75, 3.05) is 6.61 Å². The van der Waals surface area contributed by atoms with E-state index in [4.69, 9.17) is 16.3 Å². The van der Waals surface area contributed by atoms with E-state index in [9.17, 15) is 4.79 Å². The predicted octanol–water partition coefficient (Wildman–Crippen LogP) is 2.28. The van der Waals surface area contributed by atoms with Gasteiger partial charge in [0.1, 0.15) is 6.61 Å². The number of esters is 1. The van der Waals surface area contributed by atoms with Gasteiger partial charge in [0.25, 0.3) is 0 Å². The van der Waals surface area contributed by atoms with E-state index < -0.39 is 5.97 Å². The maximum atomic E-state index is 12.2. The first kappa shape index (κ1) is 14.9. The summed E-state index contributed by atoms with van der Waals surface area (Å²) in [7, 11) is 0. The molecular formula is C14H13ClN4O2. The lowest BCUT2D eigenvalue weighted by atomic mass is 10.2. The van der Waals surface area contributed by atoms with Gasteiger partial charge in [0.05, 0.1) is 0 Å². The summed E-state index contributed by atoms with van der Waals surface area (Å²) in [6.45, 7) is 5.08. The fourth-order valence-corrected chi connectivity index (χ4v) is 1.64. The molecule has 108 valence electrons. The summed E-state index contributed by atoms with van der Waals surface area (Å²) in [5.74, 6) is -0.116. The number of hydrogen-bond donors (Lipinski definition) is 0. The second-order valence-corrected chi connectivity index (χ2v) is 4.71. The number of nitrogens with zero attached hydrogens (tertiary/aromatic N) is 4. The highest BCUT2D eigenvalue weighted by Gasteiger charge is 2.17. The highest BCUT2D eigenvalue weighted by Crippen LogP contribution is 2.14. The molecule has 7 heteroatoms. The van der Waals surface area contributed by atoms with Crippen LogP contribution in [0.3, 0.4) is 0 Å². The number of halogens is 1. The SMILES string of the molecule is C=C(Cl)COC(=O)C(=Cc1ccccc1)n1nnnc1C. The number of rotatable bonds is 5. The van der Waals surface area contributed by atoms with Crippen LogP contribution in [0.5, 0.6) is 0 Å². The smallest absolute Gasteiger partial charge is 0.357 e. The lowest BCUT2D eigenvalue weighted by Gasteiger charge is -2.08. The first-order valence-electron chi connectivity index (χ1n) is 6.10. The van der Waals surface area contributed by atoms with Crippen molar-refractivity contribution >= 4 is 29.3 Å². The number of carbonyl (C=O) groups is 1. The van der Waals surface area contributed by atoms with Gasteiger partial charge in [-0.2, -0.15) is 4.68 Å². The molecule has 0 radical (unpaired) electrons. The summed E-state index contributed by atoms with van der Waals surface area (Å²) in [6, 6.07) is 9.32. The Hall–Kier alpha value is -2.47. The van der Waals surface area contributed by atoms with Crippen LogP contribution in [0, 0.1) is 6.92 Å². The van der Waals surface area contributed by atoms with Gasteiger partial charge < -0.3 is 4.74 Å². The zero-order valence-electron chi connectivity index (χ0n) is 11.4. The molecule has 0 aliphatic rings. The van der Waals surface area contributed by atoms with Crippen LogP contribution in [-0.4, -0.2) is 32.8 Å². The van der Waals surface area contributed by atoms with Crippen LogP contribution in [0.2, 0.25) is 0 Å². The van der Waals surface area contributed by atoms with E-state index in [0.29, 0.717) is 5.82 Å².